The fraction of sp³-hybridized carbons (Fsp3) is 0.467. The first-order valence-electron chi connectivity index (χ1n) is 13.1. The molecule has 2 aromatic rings. The molecule has 2 saturated heterocycles. The number of hydrogen-bond donors (Lipinski definition) is 0. The molecule has 0 spiro atoms. The number of nitrogens with zero attached hydrogens (tertiary/aromatic N) is 3. The van der Waals surface area contributed by atoms with Crippen LogP contribution in [0.1, 0.15) is 41.5 Å². The van der Waals surface area contributed by atoms with E-state index in [0.29, 0.717) is 5.25 Å². The fourth-order valence-corrected chi connectivity index (χ4v) is 7.42. The van der Waals surface area contributed by atoms with Crippen molar-refractivity contribution in [1.29, 1.82) is 0 Å². The van der Waals surface area contributed by atoms with Gasteiger partial charge in [-0.15, -0.1) is 11.8 Å². The van der Waals surface area contributed by atoms with Gasteiger partial charge >= 0.3 is 0 Å². The van der Waals surface area contributed by atoms with E-state index in [2.05, 4.69) is 67.0 Å². The molecule has 2 amide bonds. The van der Waals surface area contributed by atoms with Crippen molar-refractivity contribution in [2.24, 2.45) is 5.92 Å². The van der Waals surface area contributed by atoms with E-state index in [1.807, 2.05) is 24.1 Å². The Kier molecular flexibility index (Phi) is 7.16. The maximum absolute atomic E-state index is 13.5. The summed E-state index contributed by atoms with van der Waals surface area (Å²) in [5, 5.41) is 0.356. The van der Waals surface area contributed by atoms with Crippen molar-refractivity contribution in [3.8, 4) is 0 Å². The minimum atomic E-state index is 0.0108. The van der Waals surface area contributed by atoms with E-state index in [0.717, 1.165) is 55.9 Å². The summed E-state index contributed by atoms with van der Waals surface area (Å²) in [5.74, 6) is 0.371. The van der Waals surface area contributed by atoms with Crippen molar-refractivity contribution in [2.45, 2.75) is 51.3 Å². The number of benzene rings is 2. The maximum Gasteiger partial charge on any atom is 0.260 e. The van der Waals surface area contributed by atoms with E-state index >= 15 is 0 Å². The number of hydrogen-bond acceptors (Lipinski definition) is 4. The molecule has 3 fully saturated rings. The summed E-state index contributed by atoms with van der Waals surface area (Å²) in [6.45, 7) is 9.69. The Morgan fingerprint density at radius 3 is 2.50 bits per heavy atom. The Balaban J connectivity index is 1.21. The topological polar surface area (TPSA) is 43.9 Å². The smallest absolute Gasteiger partial charge is 0.260 e. The quantitative estimate of drug-likeness (QED) is 0.550. The molecule has 3 unspecified atom stereocenters. The molecule has 2 aliphatic heterocycles. The number of likely N-dealkylation sites (N-methyl/N-ethyl adjacent to an activating group) is 1. The molecular formula is C30H37N3O2S. The lowest BCUT2D eigenvalue weighted by Crippen LogP contribution is -2.55. The third-order valence-electron chi connectivity index (χ3n) is 8.26. The van der Waals surface area contributed by atoms with Gasteiger partial charge in [0.05, 0.1) is 4.91 Å². The zero-order valence-electron chi connectivity index (χ0n) is 21.9. The van der Waals surface area contributed by atoms with Gasteiger partial charge in [0.1, 0.15) is 0 Å². The van der Waals surface area contributed by atoms with Crippen LogP contribution in [-0.2, 0) is 9.59 Å². The molecule has 1 aliphatic carbocycles. The number of piperazine rings is 1. The Hall–Kier alpha value is -2.73. The lowest BCUT2D eigenvalue weighted by Gasteiger charge is -2.45. The van der Waals surface area contributed by atoms with Gasteiger partial charge in [-0.25, -0.2) is 0 Å². The molecule has 3 atom stereocenters. The number of anilines is 1. The second-order valence-electron chi connectivity index (χ2n) is 10.6. The van der Waals surface area contributed by atoms with Crippen LogP contribution >= 0.6 is 11.8 Å². The van der Waals surface area contributed by atoms with Crippen molar-refractivity contribution in [3.05, 3.63) is 69.6 Å². The largest absolute Gasteiger partial charge is 0.368 e. The van der Waals surface area contributed by atoms with Crippen LogP contribution in [0.2, 0.25) is 0 Å². The van der Waals surface area contributed by atoms with Crippen LogP contribution in [0.5, 0.6) is 0 Å². The molecule has 2 aromatic carbocycles. The number of amides is 2. The summed E-state index contributed by atoms with van der Waals surface area (Å²) < 4.78 is 0. The zero-order valence-corrected chi connectivity index (χ0v) is 22.7. The van der Waals surface area contributed by atoms with Crippen LogP contribution in [-0.4, -0.2) is 66.1 Å². The molecule has 190 valence electrons. The number of carbonyl (C=O) groups excluding carboxylic acids is 2. The van der Waals surface area contributed by atoms with E-state index in [1.54, 1.807) is 11.8 Å². The highest BCUT2D eigenvalue weighted by Gasteiger charge is 2.43. The summed E-state index contributed by atoms with van der Waals surface area (Å²) >= 11 is 1.72. The second-order valence-corrected chi connectivity index (χ2v) is 11.9. The molecule has 5 nitrogen and oxygen atoms in total. The predicted molar refractivity (Wildman–Crippen MR) is 149 cm³/mol. The highest BCUT2D eigenvalue weighted by Crippen LogP contribution is 2.43. The van der Waals surface area contributed by atoms with Crippen molar-refractivity contribution >= 4 is 35.3 Å². The molecule has 3 aliphatic rings. The first-order valence-corrected chi connectivity index (χ1v) is 14.0. The van der Waals surface area contributed by atoms with Crippen molar-refractivity contribution in [3.63, 3.8) is 0 Å². The van der Waals surface area contributed by atoms with Crippen LogP contribution in [0.3, 0.4) is 0 Å². The third kappa shape index (κ3) is 4.93. The molecule has 6 heteroatoms. The van der Waals surface area contributed by atoms with Gasteiger partial charge in [0.2, 0.25) is 5.91 Å². The number of aryl methyl sites for hydroxylation is 2. The summed E-state index contributed by atoms with van der Waals surface area (Å²) in [6, 6.07) is 14.9. The minimum Gasteiger partial charge on any atom is -0.368 e. The number of thioether (sulfide) groups is 1. The van der Waals surface area contributed by atoms with Gasteiger partial charge in [0.15, 0.2) is 0 Å². The van der Waals surface area contributed by atoms with Gasteiger partial charge in [0, 0.05) is 56.1 Å². The van der Waals surface area contributed by atoms with E-state index in [1.165, 1.54) is 22.4 Å². The van der Waals surface area contributed by atoms with Crippen molar-refractivity contribution in [2.75, 3.05) is 38.1 Å². The van der Waals surface area contributed by atoms with E-state index in [4.69, 9.17) is 0 Å². The van der Waals surface area contributed by atoms with Gasteiger partial charge in [0.25, 0.3) is 5.91 Å². The summed E-state index contributed by atoms with van der Waals surface area (Å²) in [5.41, 5.74) is 6.19. The summed E-state index contributed by atoms with van der Waals surface area (Å²) in [4.78, 5) is 33.9. The molecule has 5 rings (SSSR count). The molecule has 1 saturated carbocycles. The first-order chi connectivity index (χ1) is 17.3. The van der Waals surface area contributed by atoms with Crippen LogP contribution in [0.15, 0.2) is 47.4 Å². The van der Waals surface area contributed by atoms with Gasteiger partial charge in [-0.2, -0.15) is 0 Å². The van der Waals surface area contributed by atoms with Crippen LogP contribution in [0, 0.1) is 26.7 Å². The van der Waals surface area contributed by atoms with E-state index in [9.17, 15) is 9.59 Å². The Morgan fingerprint density at radius 1 is 1.00 bits per heavy atom. The molecule has 36 heavy (non-hydrogen) atoms. The Morgan fingerprint density at radius 2 is 1.75 bits per heavy atom. The monoisotopic (exact) mass is 503 g/mol. The highest BCUT2D eigenvalue weighted by molar-refractivity contribution is 8.04. The van der Waals surface area contributed by atoms with Gasteiger partial charge in [-0.3, -0.25) is 9.59 Å². The SMILES string of the molecule is Cc1cccc(/C=C2/SC3CCC(C(=O)N4CCN(c5cccc(C)c5C)CC4)CC3N(C)C2=O)c1. The van der Waals surface area contributed by atoms with E-state index in [-0.39, 0.29) is 23.8 Å². The van der Waals surface area contributed by atoms with Crippen molar-refractivity contribution < 1.29 is 9.59 Å². The van der Waals surface area contributed by atoms with E-state index < -0.39 is 0 Å². The molecule has 0 N–H and O–H groups in total. The summed E-state index contributed by atoms with van der Waals surface area (Å²) in [6.07, 6.45) is 4.67. The molecule has 0 bridgehead atoms. The molecule has 2 heterocycles. The molecule has 0 radical (unpaired) electrons. The average molecular weight is 504 g/mol. The Bertz CT molecular complexity index is 1180. The zero-order chi connectivity index (χ0) is 25.4. The molecule has 0 aromatic heterocycles. The fourth-order valence-electron chi connectivity index (χ4n) is 5.94. The minimum absolute atomic E-state index is 0.0108. The van der Waals surface area contributed by atoms with Crippen molar-refractivity contribution in [1.82, 2.24) is 9.80 Å². The number of carbonyl (C=O) groups is 2. The normalized spacial score (nSPS) is 25.8. The average Bonchev–Trinajstić information content (AvgIpc) is 2.88. The van der Waals surface area contributed by atoms with Crippen LogP contribution in [0.25, 0.3) is 6.08 Å². The number of fused-ring (bicyclic) bond motifs is 1. The predicted octanol–water partition coefficient (Wildman–Crippen LogP) is 5.04. The lowest BCUT2D eigenvalue weighted by molar-refractivity contribution is -0.139. The third-order valence-corrected chi connectivity index (χ3v) is 9.66. The van der Waals surface area contributed by atoms with Gasteiger partial charge in [-0.05, 0) is 68.9 Å². The molecular weight excluding hydrogens is 466 g/mol. The highest BCUT2D eigenvalue weighted by atomic mass is 32.2. The van der Waals surface area contributed by atoms with Crippen LogP contribution < -0.4 is 4.90 Å². The number of rotatable bonds is 3. The summed E-state index contributed by atoms with van der Waals surface area (Å²) in [7, 11) is 1.92. The Labute approximate surface area is 219 Å². The standard InChI is InChI=1S/C30H37N3O2S/c1-20-7-5-9-23(17-20)18-28-30(35)31(4)26-19-24(11-12-27(26)36-28)29(34)33-15-13-32(14-16-33)25-10-6-8-21(2)22(25)3/h5-10,17-18,24,26-27H,11-16,19H2,1-4H3/b28-18+. The lowest BCUT2D eigenvalue weighted by atomic mass is 9.83. The van der Waals surface area contributed by atoms with Gasteiger partial charge in [-0.1, -0.05) is 42.0 Å². The second kappa shape index (κ2) is 10.3. The van der Waals surface area contributed by atoms with Crippen LogP contribution in [0.4, 0.5) is 5.69 Å². The van der Waals surface area contributed by atoms with Gasteiger partial charge < -0.3 is 14.7 Å². The maximum atomic E-state index is 13.5. The first kappa shape index (κ1) is 24.9.